The molecule has 0 amide bonds. The third kappa shape index (κ3) is 3.43. The molecule has 0 spiro atoms. The summed E-state index contributed by atoms with van der Waals surface area (Å²) in [6.07, 6.45) is 1.13. The Morgan fingerprint density at radius 3 is 2.58 bits per heavy atom. The summed E-state index contributed by atoms with van der Waals surface area (Å²) in [6, 6.07) is 6.91. The summed E-state index contributed by atoms with van der Waals surface area (Å²) in [4.78, 5) is 4.65. The molecule has 2 rings (SSSR count). The number of rotatable bonds is 5. The van der Waals surface area contributed by atoms with Crippen LogP contribution in [0.2, 0.25) is 0 Å². The van der Waals surface area contributed by atoms with Crippen molar-refractivity contribution >= 4 is 11.3 Å². The van der Waals surface area contributed by atoms with Gasteiger partial charge in [-0.15, -0.1) is 11.3 Å². The van der Waals surface area contributed by atoms with E-state index in [-0.39, 0.29) is 6.04 Å². The molecule has 1 aromatic heterocycles. The molecule has 1 aromatic carbocycles. The van der Waals surface area contributed by atoms with Crippen LogP contribution >= 0.6 is 11.3 Å². The zero-order valence-corrected chi connectivity index (χ0v) is 13.0. The van der Waals surface area contributed by atoms with E-state index in [1.165, 1.54) is 16.7 Å². The highest BCUT2D eigenvalue weighted by molar-refractivity contribution is 7.09. The van der Waals surface area contributed by atoms with Crippen LogP contribution < -0.4 is 5.32 Å². The van der Waals surface area contributed by atoms with Crippen LogP contribution in [0.25, 0.3) is 0 Å². The van der Waals surface area contributed by atoms with Crippen LogP contribution in [-0.4, -0.2) is 11.5 Å². The van der Waals surface area contributed by atoms with Crippen LogP contribution in [0.5, 0.6) is 0 Å². The van der Waals surface area contributed by atoms with Gasteiger partial charge < -0.3 is 5.32 Å². The van der Waals surface area contributed by atoms with Crippen molar-refractivity contribution in [2.45, 2.75) is 40.2 Å². The van der Waals surface area contributed by atoms with E-state index in [2.05, 4.69) is 61.6 Å². The molecule has 2 aromatic rings. The first-order chi connectivity index (χ1) is 9.11. The second-order valence-electron chi connectivity index (χ2n) is 5.06. The second-order valence-corrected chi connectivity index (χ2v) is 5.95. The fourth-order valence-electron chi connectivity index (χ4n) is 2.09. The van der Waals surface area contributed by atoms with Gasteiger partial charge in [-0.1, -0.05) is 25.1 Å². The van der Waals surface area contributed by atoms with Crippen LogP contribution in [0.15, 0.2) is 23.6 Å². The third-order valence-corrected chi connectivity index (χ3v) is 4.37. The molecule has 3 heteroatoms. The first-order valence-electron chi connectivity index (χ1n) is 6.84. The molecule has 0 saturated carbocycles. The van der Waals surface area contributed by atoms with Gasteiger partial charge in [0.25, 0.3) is 0 Å². The molecular formula is C16H22N2S. The van der Waals surface area contributed by atoms with E-state index in [1.807, 2.05) is 0 Å². The summed E-state index contributed by atoms with van der Waals surface area (Å²) in [5, 5.41) is 6.89. The molecule has 1 unspecified atom stereocenters. The fraction of sp³-hybridized carbons (Fsp3) is 0.438. The van der Waals surface area contributed by atoms with Crippen LogP contribution in [-0.2, 0) is 0 Å². The molecule has 0 aliphatic rings. The van der Waals surface area contributed by atoms with Crippen molar-refractivity contribution in [2.75, 3.05) is 6.54 Å². The zero-order chi connectivity index (χ0) is 13.8. The van der Waals surface area contributed by atoms with Crippen molar-refractivity contribution in [1.82, 2.24) is 10.3 Å². The first-order valence-corrected chi connectivity index (χ1v) is 7.72. The Morgan fingerprint density at radius 2 is 2.00 bits per heavy atom. The lowest BCUT2D eigenvalue weighted by molar-refractivity contribution is 0.595. The average molecular weight is 274 g/mol. The highest BCUT2D eigenvalue weighted by Crippen LogP contribution is 2.26. The Kier molecular flexibility index (Phi) is 4.72. The van der Waals surface area contributed by atoms with Crippen molar-refractivity contribution in [3.8, 4) is 0 Å². The number of benzene rings is 1. The van der Waals surface area contributed by atoms with Gasteiger partial charge in [0.15, 0.2) is 0 Å². The molecule has 0 saturated heterocycles. The lowest BCUT2D eigenvalue weighted by Gasteiger charge is -2.18. The maximum Gasteiger partial charge on any atom is 0.114 e. The summed E-state index contributed by atoms with van der Waals surface area (Å²) >= 11 is 1.74. The van der Waals surface area contributed by atoms with Crippen molar-refractivity contribution < 1.29 is 0 Å². The zero-order valence-electron chi connectivity index (χ0n) is 12.2. The molecule has 102 valence electrons. The lowest BCUT2D eigenvalue weighted by Crippen LogP contribution is -2.23. The predicted molar refractivity (Wildman–Crippen MR) is 82.9 cm³/mol. The van der Waals surface area contributed by atoms with Gasteiger partial charge in [-0.3, -0.25) is 0 Å². The number of hydrogen-bond donors (Lipinski definition) is 1. The van der Waals surface area contributed by atoms with Gasteiger partial charge in [-0.05, 0) is 50.4 Å². The minimum atomic E-state index is 0.220. The van der Waals surface area contributed by atoms with E-state index in [0.717, 1.165) is 23.7 Å². The quantitative estimate of drug-likeness (QED) is 0.885. The van der Waals surface area contributed by atoms with Gasteiger partial charge in [0.05, 0.1) is 6.04 Å². The molecule has 0 aliphatic carbocycles. The Balaban J connectivity index is 2.33. The summed E-state index contributed by atoms with van der Waals surface area (Å²) in [6.45, 7) is 9.58. The van der Waals surface area contributed by atoms with Gasteiger partial charge >= 0.3 is 0 Å². The number of aryl methyl sites for hydroxylation is 3. The van der Waals surface area contributed by atoms with Gasteiger partial charge in [0.1, 0.15) is 5.01 Å². The van der Waals surface area contributed by atoms with Crippen LogP contribution in [0.4, 0.5) is 0 Å². The molecular weight excluding hydrogens is 252 g/mol. The maximum absolute atomic E-state index is 4.65. The maximum atomic E-state index is 4.65. The molecule has 0 radical (unpaired) electrons. The van der Waals surface area contributed by atoms with Gasteiger partial charge in [-0.25, -0.2) is 4.98 Å². The number of hydrogen-bond acceptors (Lipinski definition) is 3. The minimum absolute atomic E-state index is 0.220. The number of nitrogens with zero attached hydrogens (tertiary/aromatic N) is 1. The minimum Gasteiger partial charge on any atom is -0.304 e. The van der Waals surface area contributed by atoms with Crippen LogP contribution in [0, 0.1) is 20.8 Å². The Bertz CT molecular complexity index is 545. The Hall–Kier alpha value is -1.19. The number of nitrogens with one attached hydrogen (secondary N) is 1. The van der Waals surface area contributed by atoms with E-state index >= 15 is 0 Å². The van der Waals surface area contributed by atoms with Crippen molar-refractivity contribution in [3.05, 3.63) is 51.0 Å². The monoisotopic (exact) mass is 274 g/mol. The standard InChI is InChI=1S/C16H22N2S/c1-5-8-17-15(16-18-13(4)10-19-16)14-7-6-11(2)12(3)9-14/h6-7,9-10,15,17H,5,8H2,1-4H3. The molecule has 0 fully saturated rings. The third-order valence-electron chi connectivity index (χ3n) is 3.35. The van der Waals surface area contributed by atoms with Crippen LogP contribution in [0.3, 0.4) is 0 Å². The summed E-state index contributed by atoms with van der Waals surface area (Å²) in [5.41, 5.74) is 5.10. The largest absolute Gasteiger partial charge is 0.304 e. The predicted octanol–water partition coefficient (Wildman–Crippen LogP) is 4.16. The SMILES string of the molecule is CCCNC(c1ccc(C)c(C)c1)c1nc(C)cs1. The van der Waals surface area contributed by atoms with E-state index in [0.29, 0.717) is 0 Å². The summed E-state index contributed by atoms with van der Waals surface area (Å²) in [5.74, 6) is 0. The first kappa shape index (κ1) is 14.2. The van der Waals surface area contributed by atoms with Gasteiger partial charge in [-0.2, -0.15) is 0 Å². The summed E-state index contributed by atoms with van der Waals surface area (Å²) < 4.78 is 0. The van der Waals surface area contributed by atoms with Gasteiger partial charge in [0.2, 0.25) is 0 Å². The number of aromatic nitrogens is 1. The second kappa shape index (κ2) is 6.31. The highest BCUT2D eigenvalue weighted by atomic mass is 32.1. The van der Waals surface area contributed by atoms with Crippen molar-refractivity contribution in [1.29, 1.82) is 0 Å². The van der Waals surface area contributed by atoms with E-state index in [4.69, 9.17) is 0 Å². The van der Waals surface area contributed by atoms with E-state index < -0.39 is 0 Å². The van der Waals surface area contributed by atoms with Gasteiger partial charge in [0, 0.05) is 11.1 Å². The topological polar surface area (TPSA) is 24.9 Å². The molecule has 1 heterocycles. The average Bonchev–Trinajstić information content (AvgIpc) is 2.80. The normalized spacial score (nSPS) is 12.6. The smallest absolute Gasteiger partial charge is 0.114 e. The van der Waals surface area contributed by atoms with Crippen molar-refractivity contribution in [3.63, 3.8) is 0 Å². The molecule has 1 N–H and O–H groups in total. The van der Waals surface area contributed by atoms with E-state index in [9.17, 15) is 0 Å². The number of thiazole rings is 1. The Morgan fingerprint density at radius 1 is 1.21 bits per heavy atom. The fourth-order valence-corrected chi connectivity index (χ4v) is 2.98. The molecule has 19 heavy (non-hydrogen) atoms. The summed E-state index contributed by atoms with van der Waals surface area (Å²) in [7, 11) is 0. The Labute approximate surface area is 119 Å². The molecule has 1 atom stereocenters. The highest BCUT2D eigenvalue weighted by Gasteiger charge is 2.17. The lowest BCUT2D eigenvalue weighted by atomic mass is 10.0. The van der Waals surface area contributed by atoms with Crippen molar-refractivity contribution in [2.24, 2.45) is 0 Å². The van der Waals surface area contributed by atoms with Crippen LogP contribution in [0.1, 0.15) is 46.8 Å². The molecule has 2 nitrogen and oxygen atoms in total. The molecule has 0 bridgehead atoms. The molecule has 0 aliphatic heterocycles. The van der Waals surface area contributed by atoms with E-state index in [1.54, 1.807) is 11.3 Å².